The molecule has 2 aromatic carbocycles. The molecule has 0 spiro atoms. The van der Waals surface area contributed by atoms with Crippen LogP contribution in [0.2, 0.25) is 0 Å². The van der Waals surface area contributed by atoms with E-state index in [1.54, 1.807) is 11.3 Å². The van der Waals surface area contributed by atoms with E-state index in [9.17, 15) is 4.79 Å². The summed E-state index contributed by atoms with van der Waals surface area (Å²) in [7, 11) is 0. The summed E-state index contributed by atoms with van der Waals surface area (Å²) in [6.07, 6.45) is 0.888. The molecule has 0 atom stereocenters. The maximum atomic E-state index is 10.7. The van der Waals surface area contributed by atoms with Crippen LogP contribution in [0.3, 0.4) is 0 Å². The number of carbonyl (C=O) groups excluding carboxylic acids is 1. The number of thiophene rings is 1. The van der Waals surface area contributed by atoms with E-state index in [-0.39, 0.29) is 0 Å². The molecule has 17 heavy (non-hydrogen) atoms. The van der Waals surface area contributed by atoms with Gasteiger partial charge in [0, 0.05) is 15.1 Å². The Morgan fingerprint density at radius 3 is 2.53 bits per heavy atom. The molecule has 1 nitrogen and oxygen atoms in total. The third-order valence-electron chi connectivity index (χ3n) is 2.73. The minimum atomic E-state index is 0.731. The van der Waals surface area contributed by atoms with Gasteiger partial charge in [-0.1, -0.05) is 36.4 Å². The molecule has 3 aromatic rings. The van der Waals surface area contributed by atoms with Crippen LogP contribution in [-0.4, -0.2) is 6.29 Å². The van der Waals surface area contributed by atoms with E-state index < -0.39 is 0 Å². The van der Waals surface area contributed by atoms with Gasteiger partial charge in [-0.05, 0) is 29.1 Å². The number of aldehydes is 1. The van der Waals surface area contributed by atoms with Gasteiger partial charge < -0.3 is 0 Å². The fourth-order valence-corrected chi connectivity index (χ4v) is 2.93. The van der Waals surface area contributed by atoms with Crippen molar-refractivity contribution in [3.63, 3.8) is 0 Å². The van der Waals surface area contributed by atoms with Gasteiger partial charge in [0.15, 0.2) is 0 Å². The van der Waals surface area contributed by atoms with E-state index in [0.717, 1.165) is 17.2 Å². The largest absolute Gasteiger partial charge is 0.298 e. The van der Waals surface area contributed by atoms with Crippen LogP contribution in [0.1, 0.15) is 10.4 Å². The Morgan fingerprint density at radius 1 is 0.941 bits per heavy atom. The quantitative estimate of drug-likeness (QED) is 0.605. The van der Waals surface area contributed by atoms with Crippen LogP contribution >= 0.6 is 11.3 Å². The Hall–Kier alpha value is -1.93. The highest BCUT2D eigenvalue weighted by Gasteiger charge is 2.04. The van der Waals surface area contributed by atoms with Gasteiger partial charge >= 0.3 is 0 Å². The third-order valence-corrected chi connectivity index (χ3v) is 3.90. The lowest BCUT2D eigenvalue weighted by Gasteiger charge is -1.93. The molecule has 0 aliphatic carbocycles. The number of hydrogen-bond acceptors (Lipinski definition) is 2. The minimum Gasteiger partial charge on any atom is -0.298 e. The first kappa shape index (κ1) is 10.2. The van der Waals surface area contributed by atoms with Crippen molar-refractivity contribution in [1.82, 2.24) is 0 Å². The second-order valence-corrected chi connectivity index (χ2v) is 4.98. The summed E-state index contributed by atoms with van der Waals surface area (Å²) in [4.78, 5) is 12.0. The van der Waals surface area contributed by atoms with Crippen molar-refractivity contribution >= 4 is 27.7 Å². The maximum Gasteiger partial charge on any atom is 0.150 e. The average molecular weight is 238 g/mol. The van der Waals surface area contributed by atoms with Crippen LogP contribution in [0.4, 0.5) is 0 Å². The summed E-state index contributed by atoms with van der Waals surface area (Å²) in [6, 6.07) is 18.2. The van der Waals surface area contributed by atoms with E-state index in [0.29, 0.717) is 0 Å². The zero-order chi connectivity index (χ0) is 11.7. The molecule has 0 unspecified atom stereocenters. The van der Waals surface area contributed by atoms with Crippen molar-refractivity contribution in [3.8, 4) is 10.4 Å². The predicted molar refractivity (Wildman–Crippen MR) is 72.6 cm³/mol. The van der Waals surface area contributed by atoms with Crippen molar-refractivity contribution < 1.29 is 4.79 Å². The number of benzene rings is 2. The van der Waals surface area contributed by atoms with E-state index in [2.05, 4.69) is 18.2 Å². The first-order valence-corrected chi connectivity index (χ1v) is 6.23. The number of fused-ring (bicyclic) bond motifs is 1. The molecule has 3 rings (SSSR count). The van der Waals surface area contributed by atoms with Crippen molar-refractivity contribution in [3.05, 3.63) is 60.2 Å². The third kappa shape index (κ3) is 1.87. The monoisotopic (exact) mass is 238 g/mol. The van der Waals surface area contributed by atoms with Crippen molar-refractivity contribution in [2.24, 2.45) is 0 Å². The van der Waals surface area contributed by atoms with Crippen LogP contribution in [-0.2, 0) is 0 Å². The van der Waals surface area contributed by atoms with E-state index in [4.69, 9.17) is 0 Å². The van der Waals surface area contributed by atoms with Crippen LogP contribution in [0.15, 0.2) is 54.6 Å². The summed E-state index contributed by atoms with van der Waals surface area (Å²) >= 11 is 1.75. The van der Waals surface area contributed by atoms with Gasteiger partial charge in [0.25, 0.3) is 0 Å². The Balaban J connectivity index is 2.17. The van der Waals surface area contributed by atoms with Crippen molar-refractivity contribution in [2.75, 3.05) is 0 Å². The summed E-state index contributed by atoms with van der Waals surface area (Å²) in [6.45, 7) is 0. The average Bonchev–Trinajstić information content (AvgIpc) is 2.82. The van der Waals surface area contributed by atoms with E-state index >= 15 is 0 Å². The van der Waals surface area contributed by atoms with Gasteiger partial charge in [-0.3, -0.25) is 4.79 Å². The van der Waals surface area contributed by atoms with Gasteiger partial charge in [0.1, 0.15) is 6.29 Å². The molecule has 0 aliphatic heterocycles. The maximum absolute atomic E-state index is 10.7. The molecule has 0 bridgehead atoms. The number of rotatable bonds is 2. The van der Waals surface area contributed by atoms with Gasteiger partial charge in [0.2, 0.25) is 0 Å². The van der Waals surface area contributed by atoms with Crippen LogP contribution in [0.25, 0.3) is 20.5 Å². The summed E-state index contributed by atoms with van der Waals surface area (Å²) in [5.41, 5.74) is 1.95. The highest BCUT2D eigenvalue weighted by atomic mass is 32.1. The molecule has 0 aliphatic rings. The summed E-state index contributed by atoms with van der Waals surface area (Å²) < 4.78 is 1.22. The van der Waals surface area contributed by atoms with Gasteiger partial charge in [-0.2, -0.15) is 0 Å². The van der Waals surface area contributed by atoms with Gasteiger partial charge in [-0.15, -0.1) is 11.3 Å². The topological polar surface area (TPSA) is 17.1 Å². The molecular formula is C15H10OS. The number of hydrogen-bond donors (Lipinski definition) is 0. The van der Waals surface area contributed by atoms with Crippen LogP contribution in [0, 0.1) is 0 Å². The predicted octanol–water partition coefficient (Wildman–Crippen LogP) is 4.38. The SMILES string of the molecule is O=Cc1ccc2sc(-c3ccccc3)cc2c1. The second kappa shape index (κ2) is 4.15. The fraction of sp³-hybridized carbons (Fsp3) is 0. The lowest BCUT2D eigenvalue weighted by molar-refractivity contribution is 0.112. The molecule has 1 heterocycles. The zero-order valence-corrected chi connectivity index (χ0v) is 9.91. The van der Waals surface area contributed by atoms with E-state index in [1.165, 1.54) is 15.1 Å². The molecule has 0 saturated heterocycles. The lowest BCUT2D eigenvalue weighted by Crippen LogP contribution is -1.75. The van der Waals surface area contributed by atoms with Crippen LogP contribution < -0.4 is 0 Å². The molecule has 0 saturated carbocycles. The second-order valence-electron chi connectivity index (χ2n) is 3.89. The molecular weight excluding hydrogens is 228 g/mol. The molecule has 2 heteroatoms. The van der Waals surface area contributed by atoms with Crippen molar-refractivity contribution in [2.45, 2.75) is 0 Å². The highest BCUT2D eigenvalue weighted by Crippen LogP contribution is 2.33. The Bertz CT molecular complexity index is 668. The Kier molecular flexibility index (Phi) is 2.50. The summed E-state index contributed by atoms with van der Waals surface area (Å²) in [5, 5.41) is 1.14. The number of carbonyl (C=O) groups is 1. The van der Waals surface area contributed by atoms with Crippen LogP contribution in [0.5, 0.6) is 0 Å². The smallest absolute Gasteiger partial charge is 0.150 e. The fourth-order valence-electron chi connectivity index (χ4n) is 1.88. The first-order chi connectivity index (χ1) is 8.36. The minimum absolute atomic E-state index is 0.731. The molecule has 1 aromatic heterocycles. The highest BCUT2D eigenvalue weighted by molar-refractivity contribution is 7.22. The Morgan fingerprint density at radius 2 is 1.76 bits per heavy atom. The van der Waals surface area contributed by atoms with E-state index in [1.807, 2.05) is 36.4 Å². The molecule has 0 radical (unpaired) electrons. The normalized spacial score (nSPS) is 10.6. The molecule has 82 valence electrons. The van der Waals surface area contributed by atoms with Crippen molar-refractivity contribution in [1.29, 1.82) is 0 Å². The standard InChI is InChI=1S/C15H10OS/c16-10-11-6-7-14-13(8-11)9-15(17-14)12-4-2-1-3-5-12/h1-10H. The van der Waals surface area contributed by atoms with Gasteiger partial charge in [0.05, 0.1) is 0 Å². The van der Waals surface area contributed by atoms with Gasteiger partial charge in [-0.25, -0.2) is 0 Å². The molecule has 0 fully saturated rings. The Labute approximate surface area is 103 Å². The zero-order valence-electron chi connectivity index (χ0n) is 9.09. The lowest BCUT2D eigenvalue weighted by atomic mass is 10.1. The summed E-state index contributed by atoms with van der Waals surface area (Å²) in [5.74, 6) is 0. The molecule has 0 N–H and O–H groups in total. The molecule has 0 amide bonds. The first-order valence-electron chi connectivity index (χ1n) is 5.41.